The van der Waals surface area contributed by atoms with Gasteiger partial charge in [-0.2, -0.15) is 0 Å². The Kier molecular flexibility index (Phi) is 8.73. The second kappa shape index (κ2) is 12.4. The maximum atomic E-state index is 13.5. The number of benzene rings is 2. The number of hydrogen-bond donors (Lipinski definition) is 3. The Labute approximate surface area is 222 Å². The second-order valence-corrected chi connectivity index (χ2v) is 9.93. The molecule has 3 amide bonds. The summed E-state index contributed by atoms with van der Waals surface area (Å²) in [6.07, 6.45) is 2.45. The van der Waals surface area contributed by atoms with Crippen LogP contribution in [0.25, 0.3) is 0 Å². The first kappa shape index (κ1) is 26.8. The first-order valence-electron chi connectivity index (χ1n) is 12.8. The molecular weight excluding hydrogens is 484 g/mol. The van der Waals surface area contributed by atoms with Crippen LogP contribution < -0.4 is 20.7 Å². The molecular formula is C28H34N6O4. The number of nitrogens with one attached hydrogen (secondary N) is 3. The van der Waals surface area contributed by atoms with Gasteiger partial charge >= 0.3 is 0 Å². The summed E-state index contributed by atoms with van der Waals surface area (Å²) in [6, 6.07) is 13.0. The lowest BCUT2D eigenvalue weighted by Crippen LogP contribution is -2.54. The molecule has 38 heavy (non-hydrogen) atoms. The SMILES string of the molecule is Cc1ccc2cc1OCCn1cc(nn1)CNC(=O)[C@@H](Cc1ccccc1)NC(=O)[C@@H](CC(C)C)NC2=O. The molecule has 0 fully saturated rings. The van der Waals surface area contributed by atoms with E-state index in [0.29, 0.717) is 43.0 Å². The maximum Gasteiger partial charge on any atom is 0.252 e. The molecule has 2 heterocycles. The highest BCUT2D eigenvalue weighted by molar-refractivity contribution is 5.98. The highest BCUT2D eigenvalue weighted by Crippen LogP contribution is 2.20. The summed E-state index contributed by atoms with van der Waals surface area (Å²) in [5.74, 6) is -0.441. The van der Waals surface area contributed by atoms with E-state index >= 15 is 0 Å². The minimum absolute atomic E-state index is 0.129. The van der Waals surface area contributed by atoms with Crippen molar-refractivity contribution in [2.75, 3.05) is 6.61 Å². The fraction of sp³-hybridized carbons (Fsp3) is 0.393. The summed E-state index contributed by atoms with van der Waals surface area (Å²) in [6.45, 7) is 6.78. The lowest BCUT2D eigenvalue weighted by molar-refractivity contribution is -0.130. The van der Waals surface area contributed by atoms with Gasteiger partial charge in [0.2, 0.25) is 11.8 Å². The van der Waals surface area contributed by atoms with Crippen LogP contribution in [-0.4, -0.2) is 51.4 Å². The van der Waals surface area contributed by atoms with E-state index in [1.54, 1.807) is 23.0 Å². The zero-order valence-corrected chi connectivity index (χ0v) is 21.9. The molecule has 0 unspecified atom stereocenters. The van der Waals surface area contributed by atoms with Gasteiger partial charge in [-0.05, 0) is 42.5 Å². The number of nitrogens with zero attached hydrogens (tertiary/aromatic N) is 3. The van der Waals surface area contributed by atoms with Crippen molar-refractivity contribution in [3.8, 4) is 5.75 Å². The summed E-state index contributed by atoms with van der Waals surface area (Å²) in [5, 5.41) is 16.8. The van der Waals surface area contributed by atoms with Crippen molar-refractivity contribution < 1.29 is 19.1 Å². The third-order valence-electron chi connectivity index (χ3n) is 6.30. The van der Waals surface area contributed by atoms with E-state index in [1.165, 1.54) is 0 Å². The number of aryl methyl sites for hydroxylation is 1. The van der Waals surface area contributed by atoms with E-state index in [2.05, 4.69) is 26.3 Å². The van der Waals surface area contributed by atoms with Crippen molar-refractivity contribution in [2.45, 2.75) is 58.8 Å². The lowest BCUT2D eigenvalue weighted by Gasteiger charge is -2.24. The van der Waals surface area contributed by atoms with Crippen molar-refractivity contribution >= 4 is 17.7 Å². The van der Waals surface area contributed by atoms with Crippen LogP contribution in [0.3, 0.4) is 0 Å². The first-order valence-corrected chi connectivity index (χ1v) is 12.8. The summed E-state index contributed by atoms with van der Waals surface area (Å²) in [5.41, 5.74) is 2.76. The van der Waals surface area contributed by atoms with Crippen molar-refractivity contribution in [3.05, 3.63) is 77.1 Å². The molecule has 10 nitrogen and oxygen atoms in total. The van der Waals surface area contributed by atoms with Crippen LogP contribution >= 0.6 is 0 Å². The molecule has 4 rings (SSSR count). The van der Waals surface area contributed by atoms with Crippen LogP contribution in [0.5, 0.6) is 5.75 Å². The number of carbonyl (C=O) groups is 3. The minimum atomic E-state index is -0.843. The number of fused-ring (bicyclic) bond motifs is 4. The molecule has 2 aromatic carbocycles. The molecule has 0 saturated carbocycles. The number of rotatable bonds is 4. The minimum Gasteiger partial charge on any atom is -0.491 e. The average molecular weight is 519 g/mol. The van der Waals surface area contributed by atoms with Crippen molar-refractivity contribution in [1.29, 1.82) is 0 Å². The zero-order chi connectivity index (χ0) is 27.1. The normalized spacial score (nSPS) is 19.0. The van der Waals surface area contributed by atoms with E-state index in [4.69, 9.17) is 4.74 Å². The van der Waals surface area contributed by atoms with Gasteiger partial charge in [0.1, 0.15) is 30.1 Å². The molecule has 2 atom stereocenters. The van der Waals surface area contributed by atoms with Crippen molar-refractivity contribution in [2.24, 2.45) is 5.92 Å². The highest BCUT2D eigenvalue weighted by atomic mass is 16.5. The van der Waals surface area contributed by atoms with E-state index < -0.39 is 18.0 Å². The van der Waals surface area contributed by atoms with Crippen LogP contribution in [0.4, 0.5) is 0 Å². The van der Waals surface area contributed by atoms with Gasteiger partial charge in [0.05, 0.1) is 19.3 Å². The Morgan fingerprint density at radius 1 is 1.03 bits per heavy atom. The number of hydrogen-bond acceptors (Lipinski definition) is 6. The van der Waals surface area contributed by atoms with Gasteiger partial charge in [-0.15, -0.1) is 5.10 Å². The molecule has 1 aliphatic rings. The fourth-order valence-corrected chi connectivity index (χ4v) is 4.25. The van der Waals surface area contributed by atoms with Gasteiger partial charge in [0, 0.05) is 12.0 Å². The van der Waals surface area contributed by atoms with Gasteiger partial charge in [-0.3, -0.25) is 14.4 Å². The van der Waals surface area contributed by atoms with Crippen LogP contribution in [0.2, 0.25) is 0 Å². The fourth-order valence-electron chi connectivity index (χ4n) is 4.25. The zero-order valence-electron chi connectivity index (χ0n) is 21.9. The Balaban J connectivity index is 1.64. The van der Waals surface area contributed by atoms with Gasteiger partial charge in [-0.25, -0.2) is 4.68 Å². The summed E-state index contributed by atoms with van der Waals surface area (Å²) in [7, 11) is 0. The molecule has 1 aliphatic heterocycles. The van der Waals surface area contributed by atoms with Gasteiger partial charge in [0.15, 0.2) is 0 Å². The van der Waals surface area contributed by atoms with Crippen LogP contribution in [-0.2, 0) is 29.1 Å². The summed E-state index contributed by atoms with van der Waals surface area (Å²) >= 11 is 0. The summed E-state index contributed by atoms with van der Waals surface area (Å²) < 4.78 is 7.56. The third-order valence-corrected chi connectivity index (χ3v) is 6.30. The molecule has 3 aromatic rings. The molecule has 0 saturated heterocycles. The molecule has 200 valence electrons. The molecule has 4 bridgehead atoms. The standard InChI is InChI=1S/C28H34N6O4/c1-18(2)13-23-28(37)31-24(14-20-7-5-4-6-8-20)27(36)29-16-22-17-34(33-32-22)11-12-38-25-15-21(26(35)30-23)10-9-19(25)3/h4-10,15,17-18,23-24H,11-14,16H2,1-3H3,(H,29,36)(H,30,35)(H,31,37)/t23-,24-/m1/s1. The molecule has 1 aromatic heterocycles. The monoisotopic (exact) mass is 518 g/mol. The van der Waals surface area contributed by atoms with Gasteiger partial charge in [0.25, 0.3) is 5.91 Å². The Hall–Kier alpha value is -4.21. The number of amides is 3. The van der Waals surface area contributed by atoms with E-state index in [1.807, 2.05) is 57.2 Å². The van der Waals surface area contributed by atoms with Crippen LogP contribution in [0.15, 0.2) is 54.7 Å². The van der Waals surface area contributed by atoms with Gasteiger partial charge < -0.3 is 20.7 Å². The van der Waals surface area contributed by atoms with Gasteiger partial charge in [-0.1, -0.05) is 55.5 Å². The van der Waals surface area contributed by atoms with Crippen molar-refractivity contribution in [1.82, 2.24) is 30.9 Å². The maximum absolute atomic E-state index is 13.5. The summed E-state index contributed by atoms with van der Waals surface area (Å²) in [4.78, 5) is 39.9. The van der Waals surface area contributed by atoms with Crippen LogP contribution in [0, 0.1) is 12.8 Å². The molecule has 10 heteroatoms. The van der Waals surface area contributed by atoms with Crippen molar-refractivity contribution in [3.63, 3.8) is 0 Å². The molecule has 0 spiro atoms. The third kappa shape index (κ3) is 7.18. The topological polar surface area (TPSA) is 127 Å². The lowest BCUT2D eigenvalue weighted by atomic mass is 10.0. The average Bonchev–Trinajstić information content (AvgIpc) is 3.35. The van der Waals surface area contributed by atoms with E-state index in [-0.39, 0.29) is 24.3 Å². The Morgan fingerprint density at radius 2 is 1.82 bits per heavy atom. The number of ether oxygens (including phenoxy) is 1. The number of aromatic nitrogens is 3. The quantitative estimate of drug-likeness (QED) is 0.486. The molecule has 0 radical (unpaired) electrons. The predicted octanol–water partition coefficient (Wildman–Crippen LogP) is 2.17. The molecule has 0 aliphatic carbocycles. The Morgan fingerprint density at radius 3 is 2.58 bits per heavy atom. The largest absolute Gasteiger partial charge is 0.491 e. The number of carbonyl (C=O) groups excluding carboxylic acids is 3. The predicted molar refractivity (Wildman–Crippen MR) is 141 cm³/mol. The first-order chi connectivity index (χ1) is 18.3. The molecule has 3 N–H and O–H groups in total. The second-order valence-electron chi connectivity index (χ2n) is 9.93. The van der Waals surface area contributed by atoms with E-state index in [0.717, 1.165) is 11.1 Å². The smallest absolute Gasteiger partial charge is 0.252 e. The van der Waals surface area contributed by atoms with Crippen LogP contribution in [0.1, 0.15) is 47.4 Å². The Bertz CT molecular complexity index is 1270. The van der Waals surface area contributed by atoms with E-state index in [9.17, 15) is 14.4 Å². The highest BCUT2D eigenvalue weighted by Gasteiger charge is 2.28.